The zero-order chi connectivity index (χ0) is 24.9. The van der Waals surface area contributed by atoms with Crippen molar-refractivity contribution in [3.05, 3.63) is 113 Å². The Labute approximate surface area is 210 Å². The first-order chi connectivity index (χ1) is 17.6. The van der Waals surface area contributed by atoms with E-state index in [0.717, 1.165) is 11.1 Å². The minimum absolute atomic E-state index is 0.308. The highest BCUT2D eigenvalue weighted by atomic mass is 35.5. The molecule has 0 spiro atoms. The van der Waals surface area contributed by atoms with Gasteiger partial charge in [0.2, 0.25) is 0 Å². The van der Waals surface area contributed by atoms with Gasteiger partial charge in [-0.05, 0) is 52.4 Å². The average molecular weight is 499 g/mol. The largest absolute Gasteiger partial charge is 0.273 e. The second kappa shape index (κ2) is 10.2. The number of hydrazine groups is 1. The minimum Gasteiger partial charge on any atom is -0.267 e. The van der Waals surface area contributed by atoms with Crippen molar-refractivity contribution in [1.29, 1.82) is 0 Å². The first-order valence-electron chi connectivity index (χ1n) is 10.9. The van der Waals surface area contributed by atoms with Gasteiger partial charge >= 0.3 is 0 Å². The van der Waals surface area contributed by atoms with Gasteiger partial charge in [0, 0.05) is 22.3 Å². The number of hydrogen-bond donors (Lipinski definition) is 2. The summed E-state index contributed by atoms with van der Waals surface area (Å²) in [7, 11) is 0. The molecule has 0 atom stereocenters. The molecule has 5 aromatic rings. The van der Waals surface area contributed by atoms with Crippen LogP contribution in [0.3, 0.4) is 0 Å². The molecule has 36 heavy (non-hydrogen) atoms. The van der Waals surface area contributed by atoms with Crippen LogP contribution in [0.1, 0.15) is 26.3 Å². The molecule has 10 nitrogen and oxygen atoms in total. The maximum atomic E-state index is 13.1. The normalized spacial score (nSPS) is 10.7. The minimum atomic E-state index is -0.502. The molecule has 2 heterocycles. The summed E-state index contributed by atoms with van der Waals surface area (Å²) in [6.07, 6.45) is 3.10. The lowest BCUT2D eigenvalue weighted by atomic mass is 10.1. The maximum Gasteiger partial charge on any atom is 0.273 e. The summed E-state index contributed by atoms with van der Waals surface area (Å²) in [6.45, 7) is 0.481. The first-order valence-corrected chi connectivity index (χ1v) is 11.3. The number of tetrazole rings is 1. The highest BCUT2D eigenvalue weighted by Crippen LogP contribution is 2.24. The molecule has 5 rings (SSSR count). The van der Waals surface area contributed by atoms with Gasteiger partial charge in [-0.25, -0.2) is 4.68 Å². The third-order valence-corrected chi connectivity index (χ3v) is 5.60. The monoisotopic (exact) mass is 498 g/mol. The Morgan fingerprint density at radius 1 is 0.861 bits per heavy atom. The van der Waals surface area contributed by atoms with Gasteiger partial charge in [-0.1, -0.05) is 54.1 Å². The van der Waals surface area contributed by atoms with Crippen molar-refractivity contribution in [2.24, 2.45) is 0 Å². The summed E-state index contributed by atoms with van der Waals surface area (Å²) in [5, 5.41) is 16.2. The quantitative estimate of drug-likeness (QED) is 0.347. The van der Waals surface area contributed by atoms with E-state index in [2.05, 4.69) is 31.5 Å². The second-order valence-corrected chi connectivity index (χ2v) is 8.23. The molecule has 0 fully saturated rings. The summed E-state index contributed by atoms with van der Waals surface area (Å²) >= 11 is 6.03. The van der Waals surface area contributed by atoms with Crippen molar-refractivity contribution in [2.45, 2.75) is 6.54 Å². The number of carbonyl (C=O) groups is 2. The molecule has 0 saturated carbocycles. The lowest BCUT2D eigenvalue weighted by Crippen LogP contribution is -2.41. The van der Waals surface area contributed by atoms with Crippen LogP contribution in [0.4, 0.5) is 0 Å². The highest BCUT2D eigenvalue weighted by molar-refractivity contribution is 6.30. The zero-order valence-electron chi connectivity index (χ0n) is 18.7. The Hall–Kier alpha value is -4.83. The van der Waals surface area contributed by atoms with Crippen LogP contribution in [0.15, 0.2) is 91.4 Å². The van der Waals surface area contributed by atoms with E-state index in [1.807, 2.05) is 30.3 Å². The van der Waals surface area contributed by atoms with E-state index in [1.165, 1.54) is 11.0 Å². The standard InChI is InChI=1S/C25H19ClN8O2/c26-20-10-6-18(7-11-20)23-22(15-33(30-23)14-17-4-2-1-3-5-17)25(36)29-28-24(35)19-8-12-21(13-9-19)34-16-27-31-32-34/h1-13,15-16H,14H2,(H,28,35)(H,29,36). The van der Waals surface area contributed by atoms with Crippen LogP contribution in [0.25, 0.3) is 16.9 Å². The summed E-state index contributed by atoms with van der Waals surface area (Å²) in [4.78, 5) is 25.7. The smallest absolute Gasteiger partial charge is 0.267 e. The van der Waals surface area contributed by atoms with E-state index in [9.17, 15) is 9.59 Å². The number of halogens is 1. The van der Waals surface area contributed by atoms with Crippen LogP contribution in [-0.4, -0.2) is 41.8 Å². The number of rotatable bonds is 6. The van der Waals surface area contributed by atoms with Gasteiger partial charge in [0.05, 0.1) is 17.8 Å². The van der Waals surface area contributed by atoms with Gasteiger partial charge in [-0.15, -0.1) is 5.10 Å². The number of benzene rings is 3. The van der Waals surface area contributed by atoms with Crippen molar-refractivity contribution in [3.8, 4) is 16.9 Å². The molecule has 11 heteroatoms. The molecule has 178 valence electrons. The molecule has 2 amide bonds. The van der Waals surface area contributed by atoms with Crippen molar-refractivity contribution in [2.75, 3.05) is 0 Å². The number of nitrogens with one attached hydrogen (secondary N) is 2. The van der Waals surface area contributed by atoms with Gasteiger partial charge in [0.1, 0.15) is 12.0 Å². The Morgan fingerprint density at radius 3 is 2.28 bits per heavy atom. The van der Waals surface area contributed by atoms with Crippen LogP contribution in [0, 0.1) is 0 Å². The number of hydrogen-bond acceptors (Lipinski definition) is 6. The SMILES string of the molecule is O=C(NNC(=O)c1cn(Cc2ccccc2)nc1-c1ccc(Cl)cc1)c1ccc(-n2cnnn2)cc1. The van der Waals surface area contributed by atoms with Crippen molar-refractivity contribution < 1.29 is 9.59 Å². The van der Waals surface area contributed by atoms with E-state index >= 15 is 0 Å². The highest BCUT2D eigenvalue weighted by Gasteiger charge is 2.19. The first kappa shape index (κ1) is 22.9. The van der Waals surface area contributed by atoms with Gasteiger partial charge < -0.3 is 0 Å². The lowest BCUT2D eigenvalue weighted by Gasteiger charge is -2.08. The summed E-state index contributed by atoms with van der Waals surface area (Å²) in [5.74, 6) is -0.978. The molecule has 2 N–H and O–H groups in total. The summed E-state index contributed by atoms with van der Waals surface area (Å²) in [6, 6.07) is 23.4. The third-order valence-electron chi connectivity index (χ3n) is 5.34. The molecule has 0 bridgehead atoms. The maximum absolute atomic E-state index is 13.1. The Bertz CT molecular complexity index is 1480. The predicted octanol–water partition coefficient (Wildman–Crippen LogP) is 3.30. The van der Waals surface area contributed by atoms with Crippen LogP contribution < -0.4 is 10.9 Å². The van der Waals surface area contributed by atoms with Crippen LogP contribution in [0.2, 0.25) is 5.02 Å². The molecule has 0 radical (unpaired) electrons. The van der Waals surface area contributed by atoms with E-state index in [-0.39, 0.29) is 0 Å². The molecule has 0 aliphatic carbocycles. The van der Waals surface area contributed by atoms with E-state index < -0.39 is 11.8 Å². The van der Waals surface area contributed by atoms with Gasteiger partial charge in [-0.2, -0.15) is 5.10 Å². The van der Waals surface area contributed by atoms with Gasteiger partial charge in [-0.3, -0.25) is 25.1 Å². The topological polar surface area (TPSA) is 120 Å². The fraction of sp³-hybridized carbons (Fsp3) is 0.0400. The molecule has 0 aliphatic rings. The molecular formula is C25H19ClN8O2. The Kier molecular flexibility index (Phi) is 6.50. The predicted molar refractivity (Wildman–Crippen MR) is 132 cm³/mol. The fourth-order valence-corrected chi connectivity index (χ4v) is 3.68. The van der Waals surface area contributed by atoms with Gasteiger partial charge in [0.25, 0.3) is 11.8 Å². The third kappa shape index (κ3) is 5.13. The van der Waals surface area contributed by atoms with Crippen LogP contribution in [0.5, 0.6) is 0 Å². The summed E-state index contributed by atoms with van der Waals surface area (Å²) in [5.41, 5.74) is 8.52. The van der Waals surface area contributed by atoms with Crippen LogP contribution >= 0.6 is 11.6 Å². The molecule has 3 aromatic carbocycles. The zero-order valence-corrected chi connectivity index (χ0v) is 19.5. The van der Waals surface area contributed by atoms with E-state index in [4.69, 9.17) is 11.6 Å². The number of nitrogens with zero attached hydrogens (tertiary/aromatic N) is 6. The fourth-order valence-electron chi connectivity index (χ4n) is 3.56. The molecular weight excluding hydrogens is 480 g/mol. The number of carbonyl (C=O) groups excluding carboxylic acids is 2. The molecule has 0 aliphatic heterocycles. The summed E-state index contributed by atoms with van der Waals surface area (Å²) < 4.78 is 3.16. The average Bonchev–Trinajstić information content (AvgIpc) is 3.59. The lowest BCUT2D eigenvalue weighted by molar-refractivity contribution is 0.0847. The molecule has 2 aromatic heterocycles. The molecule has 0 saturated heterocycles. The van der Waals surface area contributed by atoms with Crippen LogP contribution in [-0.2, 0) is 6.54 Å². The van der Waals surface area contributed by atoms with Crippen molar-refractivity contribution >= 4 is 23.4 Å². The molecule has 0 unspecified atom stereocenters. The number of amides is 2. The van der Waals surface area contributed by atoms with Crippen molar-refractivity contribution in [3.63, 3.8) is 0 Å². The Balaban J connectivity index is 1.33. The Morgan fingerprint density at radius 2 is 1.58 bits per heavy atom. The van der Waals surface area contributed by atoms with Gasteiger partial charge in [0.15, 0.2) is 0 Å². The second-order valence-electron chi connectivity index (χ2n) is 7.79. The van der Waals surface area contributed by atoms with Crippen molar-refractivity contribution in [1.82, 2.24) is 40.8 Å². The number of aromatic nitrogens is 6. The van der Waals surface area contributed by atoms with E-state index in [1.54, 1.807) is 59.4 Å². The van der Waals surface area contributed by atoms with E-state index in [0.29, 0.717) is 34.1 Å².